The van der Waals surface area contributed by atoms with Crippen LogP contribution in [0.2, 0.25) is 5.02 Å². The number of carbonyl (C=O) groups excluding carboxylic acids is 1. The standard InChI is InChI=1S/C27H31ClN2O4S/c1-20(2)34-23-14-12-22(13-15-23)7-6-18-29-27(31)19-30(26-9-5-4-8-25(26)28)35(32,33)24-16-10-21(3)11-17-24/h4-5,8-17,20H,6-7,18-19H2,1-3H3,(H,29,31). The molecule has 0 atom stereocenters. The highest BCUT2D eigenvalue weighted by Gasteiger charge is 2.28. The van der Waals surface area contributed by atoms with Gasteiger partial charge in [-0.25, -0.2) is 8.42 Å². The largest absolute Gasteiger partial charge is 0.491 e. The average Bonchev–Trinajstić information content (AvgIpc) is 2.82. The quantitative estimate of drug-likeness (QED) is 0.348. The van der Waals surface area contributed by atoms with Gasteiger partial charge in [0.1, 0.15) is 12.3 Å². The van der Waals surface area contributed by atoms with Crippen LogP contribution in [0.15, 0.2) is 77.7 Å². The first-order valence-corrected chi connectivity index (χ1v) is 13.3. The van der Waals surface area contributed by atoms with Crippen LogP contribution in [0.1, 0.15) is 31.4 Å². The summed E-state index contributed by atoms with van der Waals surface area (Å²) in [6.45, 7) is 5.89. The number of benzene rings is 3. The van der Waals surface area contributed by atoms with Crippen molar-refractivity contribution in [1.82, 2.24) is 5.32 Å². The predicted molar refractivity (Wildman–Crippen MR) is 141 cm³/mol. The molecule has 3 rings (SSSR count). The van der Waals surface area contributed by atoms with Gasteiger partial charge in [0.25, 0.3) is 10.0 Å². The van der Waals surface area contributed by atoms with Crippen molar-refractivity contribution in [1.29, 1.82) is 0 Å². The summed E-state index contributed by atoms with van der Waals surface area (Å²) in [6.07, 6.45) is 1.61. The van der Waals surface area contributed by atoms with Gasteiger partial charge in [0, 0.05) is 6.54 Å². The molecule has 0 bridgehead atoms. The minimum atomic E-state index is -4.00. The van der Waals surface area contributed by atoms with Gasteiger partial charge in [0.05, 0.1) is 21.7 Å². The van der Waals surface area contributed by atoms with E-state index in [0.29, 0.717) is 13.0 Å². The molecular weight excluding hydrogens is 484 g/mol. The molecule has 186 valence electrons. The maximum atomic E-state index is 13.4. The summed E-state index contributed by atoms with van der Waals surface area (Å²) in [7, 11) is -4.00. The summed E-state index contributed by atoms with van der Waals surface area (Å²) in [5, 5.41) is 3.08. The third-order valence-corrected chi connectivity index (χ3v) is 7.37. The van der Waals surface area contributed by atoms with Gasteiger partial charge in [-0.1, -0.05) is 53.6 Å². The Hall–Kier alpha value is -3.03. The first-order valence-electron chi connectivity index (χ1n) is 11.5. The monoisotopic (exact) mass is 514 g/mol. The molecule has 0 heterocycles. The van der Waals surface area contributed by atoms with Gasteiger partial charge in [0.15, 0.2) is 0 Å². The lowest BCUT2D eigenvalue weighted by Gasteiger charge is -2.25. The van der Waals surface area contributed by atoms with Crippen LogP contribution >= 0.6 is 11.6 Å². The summed E-state index contributed by atoms with van der Waals surface area (Å²) in [5.74, 6) is 0.424. The summed E-state index contributed by atoms with van der Waals surface area (Å²) in [5.41, 5.74) is 2.33. The fourth-order valence-corrected chi connectivity index (χ4v) is 5.23. The van der Waals surface area contributed by atoms with Gasteiger partial charge < -0.3 is 10.1 Å². The second-order valence-corrected chi connectivity index (χ2v) is 10.8. The number of hydrogen-bond donors (Lipinski definition) is 1. The van der Waals surface area contributed by atoms with Crippen LogP contribution in [0.4, 0.5) is 5.69 Å². The number of halogens is 1. The number of sulfonamides is 1. The van der Waals surface area contributed by atoms with Crippen LogP contribution in [0.25, 0.3) is 0 Å². The van der Waals surface area contributed by atoms with Crippen molar-refractivity contribution >= 4 is 33.2 Å². The fourth-order valence-electron chi connectivity index (χ4n) is 3.50. The molecule has 0 aliphatic heterocycles. The fraction of sp³-hybridized carbons (Fsp3) is 0.296. The van der Waals surface area contributed by atoms with Gasteiger partial charge in [-0.3, -0.25) is 9.10 Å². The number of ether oxygens (including phenoxy) is 1. The molecule has 1 N–H and O–H groups in total. The van der Waals surface area contributed by atoms with E-state index in [2.05, 4.69) is 5.32 Å². The van der Waals surface area contributed by atoms with Crippen LogP contribution in [-0.2, 0) is 21.2 Å². The zero-order valence-electron chi connectivity index (χ0n) is 20.2. The Morgan fingerprint density at radius 3 is 2.29 bits per heavy atom. The summed E-state index contributed by atoms with van der Waals surface area (Å²) in [4.78, 5) is 12.8. The van der Waals surface area contributed by atoms with E-state index in [9.17, 15) is 13.2 Å². The third kappa shape index (κ3) is 7.47. The first kappa shape index (κ1) is 26.6. The molecule has 0 aliphatic carbocycles. The lowest BCUT2D eigenvalue weighted by atomic mass is 10.1. The van der Waals surface area contributed by atoms with E-state index in [4.69, 9.17) is 16.3 Å². The maximum absolute atomic E-state index is 13.4. The summed E-state index contributed by atoms with van der Waals surface area (Å²) < 4.78 is 33.5. The number of carbonyl (C=O) groups is 1. The lowest BCUT2D eigenvalue weighted by Crippen LogP contribution is -2.41. The summed E-state index contributed by atoms with van der Waals surface area (Å²) >= 11 is 6.31. The smallest absolute Gasteiger partial charge is 0.264 e. The molecule has 0 fully saturated rings. The number of amides is 1. The zero-order valence-corrected chi connectivity index (χ0v) is 21.8. The Morgan fingerprint density at radius 1 is 1.00 bits per heavy atom. The minimum Gasteiger partial charge on any atom is -0.491 e. The molecule has 0 saturated heterocycles. The van der Waals surface area contributed by atoms with Crippen LogP contribution < -0.4 is 14.4 Å². The second-order valence-electron chi connectivity index (χ2n) is 8.54. The average molecular weight is 515 g/mol. The number of hydrogen-bond acceptors (Lipinski definition) is 4. The molecule has 0 unspecified atom stereocenters. The SMILES string of the molecule is Cc1ccc(S(=O)(=O)N(CC(=O)NCCCc2ccc(OC(C)C)cc2)c2ccccc2Cl)cc1. The highest BCUT2D eigenvalue weighted by Crippen LogP contribution is 2.30. The van der Waals surface area contributed by atoms with E-state index in [1.54, 1.807) is 36.4 Å². The Bertz CT molecular complexity index is 1230. The van der Waals surface area contributed by atoms with E-state index in [1.807, 2.05) is 45.0 Å². The van der Waals surface area contributed by atoms with Gasteiger partial charge in [0.2, 0.25) is 5.91 Å². The number of nitrogens with zero attached hydrogens (tertiary/aromatic N) is 1. The molecule has 0 spiro atoms. The highest BCUT2D eigenvalue weighted by molar-refractivity contribution is 7.92. The maximum Gasteiger partial charge on any atom is 0.264 e. The number of para-hydroxylation sites is 1. The van der Waals surface area contributed by atoms with Gasteiger partial charge in [-0.05, 0) is 75.6 Å². The van der Waals surface area contributed by atoms with Crippen molar-refractivity contribution in [3.8, 4) is 5.75 Å². The Kier molecular flexibility index (Phi) is 9.18. The Labute approximate surface area is 212 Å². The molecule has 3 aromatic rings. The van der Waals surface area contributed by atoms with E-state index < -0.39 is 15.9 Å². The molecule has 8 heteroatoms. The van der Waals surface area contributed by atoms with Gasteiger partial charge in [-0.2, -0.15) is 0 Å². The van der Waals surface area contributed by atoms with Crippen LogP contribution in [0.3, 0.4) is 0 Å². The molecule has 1 amide bonds. The lowest BCUT2D eigenvalue weighted by molar-refractivity contribution is -0.119. The van der Waals surface area contributed by atoms with E-state index in [0.717, 1.165) is 27.6 Å². The molecular formula is C27H31ClN2O4S. The molecule has 35 heavy (non-hydrogen) atoms. The van der Waals surface area contributed by atoms with E-state index in [-0.39, 0.29) is 28.3 Å². The third-order valence-electron chi connectivity index (χ3n) is 5.28. The van der Waals surface area contributed by atoms with E-state index >= 15 is 0 Å². The molecule has 0 saturated carbocycles. The zero-order chi connectivity index (χ0) is 25.4. The Balaban J connectivity index is 1.64. The topological polar surface area (TPSA) is 75.7 Å². The Morgan fingerprint density at radius 2 is 1.66 bits per heavy atom. The number of rotatable bonds is 11. The van der Waals surface area contributed by atoms with E-state index in [1.165, 1.54) is 12.1 Å². The van der Waals surface area contributed by atoms with Crippen LogP contribution in [0, 0.1) is 6.92 Å². The van der Waals surface area contributed by atoms with Crippen LogP contribution in [0.5, 0.6) is 5.75 Å². The predicted octanol–water partition coefficient (Wildman–Crippen LogP) is 5.38. The number of anilines is 1. The van der Waals surface area contributed by atoms with Crippen molar-refractivity contribution < 1.29 is 17.9 Å². The first-order chi connectivity index (χ1) is 16.7. The number of aryl methyl sites for hydroxylation is 2. The minimum absolute atomic E-state index is 0.0979. The van der Waals surface area contributed by atoms with Gasteiger partial charge in [-0.15, -0.1) is 0 Å². The normalized spacial score (nSPS) is 11.3. The molecule has 3 aromatic carbocycles. The van der Waals surface area contributed by atoms with Crippen LogP contribution in [-0.4, -0.2) is 33.5 Å². The number of nitrogens with one attached hydrogen (secondary N) is 1. The second kappa shape index (κ2) is 12.1. The van der Waals surface area contributed by atoms with Crippen molar-refractivity contribution in [2.24, 2.45) is 0 Å². The molecule has 0 aromatic heterocycles. The summed E-state index contributed by atoms with van der Waals surface area (Å²) in [6, 6.07) is 21.0. The molecule has 6 nitrogen and oxygen atoms in total. The molecule has 0 radical (unpaired) electrons. The van der Waals surface area contributed by atoms with Crippen molar-refractivity contribution in [2.75, 3.05) is 17.4 Å². The molecule has 0 aliphatic rings. The van der Waals surface area contributed by atoms with Crippen molar-refractivity contribution in [3.63, 3.8) is 0 Å². The van der Waals surface area contributed by atoms with Crippen molar-refractivity contribution in [2.45, 2.75) is 44.6 Å². The van der Waals surface area contributed by atoms with Crippen molar-refractivity contribution in [3.05, 3.63) is 88.9 Å². The highest BCUT2D eigenvalue weighted by atomic mass is 35.5. The van der Waals surface area contributed by atoms with Gasteiger partial charge >= 0.3 is 0 Å².